The Morgan fingerprint density at radius 3 is 1.63 bits per heavy atom. The van der Waals surface area contributed by atoms with Crippen molar-refractivity contribution in [1.29, 1.82) is 0 Å². The molecule has 4 N–H and O–H groups in total. The van der Waals surface area contributed by atoms with Crippen molar-refractivity contribution in [3.8, 4) is 0 Å². The summed E-state index contributed by atoms with van der Waals surface area (Å²) in [7, 11) is 0. The average molecular weight is 773 g/mol. The van der Waals surface area contributed by atoms with E-state index in [0.29, 0.717) is 24.2 Å². The lowest BCUT2D eigenvalue weighted by Crippen LogP contribution is -2.32. The minimum absolute atomic E-state index is 0.00759. The molecular formula is C35H41BrCl2N8O3. The van der Waals surface area contributed by atoms with Crippen LogP contribution in [-0.2, 0) is 14.2 Å². The maximum Gasteiger partial charge on any atom is 0.222 e. The maximum atomic E-state index is 6.68. The summed E-state index contributed by atoms with van der Waals surface area (Å²) in [4.78, 5) is 21.6. The first-order valence-electron chi connectivity index (χ1n) is 16.4. The molecule has 3 fully saturated rings. The summed E-state index contributed by atoms with van der Waals surface area (Å²) < 4.78 is 17.9. The predicted molar refractivity (Wildman–Crippen MR) is 198 cm³/mol. The first-order valence-corrected chi connectivity index (χ1v) is 17.9. The van der Waals surface area contributed by atoms with Gasteiger partial charge in [-0.15, -0.1) is 0 Å². The smallest absolute Gasteiger partial charge is 0.222 e. The molecule has 2 unspecified atom stereocenters. The molecule has 2 atom stereocenters. The Labute approximate surface area is 305 Å². The molecule has 4 aromatic rings. The van der Waals surface area contributed by atoms with Gasteiger partial charge < -0.3 is 35.5 Å². The van der Waals surface area contributed by atoms with Crippen LogP contribution in [0.15, 0.2) is 53.0 Å². The third-order valence-corrected chi connectivity index (χ3v) is 9.95. The number of nitrogen functional groups attached to an aromatic ring is 2. The zero-order valence-electron chi connectivity index (χ0n) is 27.6. The van der Waals surface area contributed by atoms with Crippen molar-refractivity contribution in [2.24, 2.45) is 0 Å². The topological polar surface area (TPSA) is 138 Å². The second kappa shape index (κ2) is 16.2. The van der Waals surface area contributed by atoms with Crippen LogP contribution in [0.2, 0.25) is 10.0 Å². The van der Waals surface area contributed by atoms with Gasteiger partial charge in [-0.2, -0.15) is 9.97 Å². The molecule has 3 aliphatic heterocycles. The number of hydrogen-bond donors (Lipinski definition) is 2. The van der Waals surface area contributed by atoms with E-state index in [-0.39, 0.29) is 24.0 Å². The van der Waals surface area contributed by atoms with Gasteiger partial charge in [0.2, 0.25) is 11.9 Å². The number of ether oxygens (including phenoxy) is 3. The van der Waals surface area contributed by atoms with E-state index < -0.39 is 0 Å². The van der Waals surface area contributed by atoms with Gasteiger partial charge >= 0.3 is 0 Å². The lowest BCUT2D eigenvalue weighted by Gasteiger charge is -2.32. The van der Waals surface area contributed by atoms with Crippen molar-refractivity contribution in [2.45, 2.75) is 44.7 Å². The number of halogens is 3. The van der Waals surface area contributed by atoms with Gasteiger partial charge in [-0.3, -0.25) is 0 Å². The Balaban J connectivity index is 0.000000171. The van der Waals surface area contributed by atoms with Crippen molar-refractivity contribution in [1.82, 2.24) is 19.9 Å². The number of anilines is 4. The van der Waals surface area contributed by atoms with Crippen LogP contribution in [0.1, 0.15) is 58.9 Å². The number of nitrogens with zero attached hydrogens (tertiary/aromatic N) is 6. The number of aromatic nitrogens is 4. The van der Waals surface area contributed by atoms with Crippen LogP contribution in [0.3, 0.4) is 0 Å². The van der Waals surface area contributed by atoms with E-state index in [9.17, 15) is 0 Å². The lowest BCUT2D eigenvalue weighted by molar-refractivity contribution is 0.00841. The number of aryl methyl sites for hydroxylation is 2. The van der Waals surface area contributed by atoms with Crippen LogP contribution in [-0.4, -0.2) is 72.7 Å². The van der Waals surface area contributed by atoms with Crippen LogP contribution in [0.5, 0.6) is 0 Å². The van der Waals surface area contributed by atoms with E-state index >= 15 is 0 Å². The predicted octanol–water partition coefficient (Wildman–Crippen LogP) is 6.85. The summed E-state index contributed by atoms with van der Waals surface area (Å²) in [5, 5.41) is 1.47. The molecule has 5 heterocycles. The SMILES string of the molecule is Cc1cc(N2CCCOCC2c2ccc(Br)cc2Cl)nc(N)n1.Cc1cc(N2CCCOCC2c2ccc(C3COC3)cc2Cl)nc(N)n1. The van der Waals surface area contributed by atoms with Crippen molar-refractivity contribution in [3.05, 3.63) is 91.1 Å². The van der Waals surface area contributed by atoms with Gasteiger partial charge in [-0.25, -0.2) is 9.97 Å². The molecule has 11 nitrogen and oxygen atoms in total. The zero-order chi connectivity index (χ0) is 34.5. The Hall–Kier alpha value is -3.26. The molecule has 3 saturated heterocycles. The molecule has 0 spiro atoms. The summed E-state index contributed by atoms with van der Waals surface area (Å²) in [5.41, 5.74) is 16.7. The zero-order valence-corrected chi connectivity index (χ0v) is 30.7. The third-order valence-electron chi connectivity index (χ3n) is 8.80. The van der Waals surface area contributed by atoms with E-state index in [1.54, 1.807) is 0 Å². The highest BCUT2D eigenvalue weighted by Crippen LogP contribution is 2.37. The monoisotopic (exact) mass is 770 g/mol. The van der Waals surface area contributed by atoms with Crippen molar-refractivity contribution >= 4 is 62.7 Å². The first-order chi connectivity index (χ1) is 23.7. The van der Waals surface area contributed by atoms with Crippen LogP contribution < -0.4 is 21.3 Å². The molecule has 0 radical (unpaired) electrons. The molecule has 3 aliphatic rings. The van der Waals surface area contributed by atoms with Gasteiger partial charge in [0.05, 0.1) is 38.5 Å². The molecular weight excluding hydrogens is 731 g/mol. The van der Waals surface area contributed by atoms with Crippen molar-refractivity contribution < 1.29 is 14.2 Å². The van der Waals surface area contributed by atoms with Crippen molar-refractivity contribution in [2.75, 3.05) is 74.0 Å². The molecule has 0 saturated carbocycles. The quantitative estimate of drug-likeness (QED) is 0.220. The third kappa shape index (κ3) is 8.73. The van der Waals surface area contributed by atoms with E-state index in [2.05, 4.69) is 63.9 Å². The molecule has 0 aliphatic carbocycles. The van der Waals surface area contributed by atoms with Gasteiger partial charge in [0.1, 0.15) is 11.6 Å². The second-order valence-corrected chi connectivity index (χ2v) is 14.1. The van der Waals surface area contributed by atoms with E-state index in [4.69, 9.17) is 48.9 Å². The summed E-state index contributed by atoms with van der Waals surface area (Å²) in [6.07, 6.45) is 1.85. The Bertz CT molecular complexity index is 1720. The van der Waals surface area contributed by atoms with E-state index in [1.165, 1.54) is 5.56 Å². The first kappa shape index (κ1) is 35.6. The fourth-order valence-electron chi connectivity index (χ4n) is 6.33. The second-order valence-electron chi connectivity index (χ2n) is 12.4. The molecule has 14 heteroatoms. The van der Waals surface area contributed by atoms with Gasteiger partial charge in [0.25, 0.3) is 0 Å². The minimum Gasteiger partial charge on any atom is -0.380 e. The summed E-state index contributed by atoms with van der Waals surface area (Å²) in [5.74, 6) is 2.65. The fraction of sp³-hybridized carbons (Fsp3) is 0.429. The van der Waals surface area contributed by atoms with Gasteiger partial charge in [0.15, 0.2) is 0 Å². The standard InChI is InChI=1S/C19H23ClN4O2.C16H18BrClN4O/c1-12-7-18(23-19(21)22-12)24-5-2-6-25-11-17(24)15-4-3-13(8-16(15)20)14-9-26-10-14;1-10-7-15(21-16(19)20-10)22-5-2-6-23-9-14(22)12-4-3-11(17)8-13(12)18/h3-4,7-8,14,17H,2,5-6,9-11H2,1H3,(H2,21,22,23);3-4,7-8,14H,2,5-6,9H2,1H3,(H2,19,20,21). The molecule has 2 aromatic heterocycles. The number of rotatable bonds is 5. The Kier molecular flexibility index (Phi) is 11.7. The van der Waals surface area contributed by atoms with E-state index in [1.807, 2.05) is 44.2 Å². The summed E-state index contributed by atoms with van der Waals surface area (Å²) in [6.45, 7) is 9.61. The molecule has 0 bridgehead atoms. The maximum absolute atomic E-state index is 6.68. The highest BCUT2D eigenvalue weighted by molar-refractivity contribution is 9.10. The van der Waals surface area contributed by atoms with Gasteiger partial charge in [0, 0.05) is 70.3 Å². The molecule has 49 heavy (non-hydrogen) atoms. The fourth-order valence-corrected chi connectivity index (χ4v) is 7.44. The molecule has 2 aromatic carbocycles. The van der Waals surface area contributed by atoms with Crippen LogP contribution in [0.25, 0.3) is 0 Å². The molecule has 260 valence electrons. The van der Waals surface area contributed by atoms with Crippen LogP contribution in [0.4, 0.5) is 23.5 Å². The van der Waals surface area contributed by atoms with Crippen LogP contribution in [0, 0.1) is 13.8 Å². The Morgan fingerprint density at radius 1 is 0.673 bits per heavy atom. The minimum atomic E-state index is -0.00890. The van der Waals surface area contributed by atoms with E-state index in [0.717, 1.165) is 96.0 Å². The van der Waals surface area contributed by atoms with Gasteiger partial charge in [-0.05, 0) is 61.6 Å². The largest absolute Gasteiger partial charge is 0.380 e. The number of hydrogen-bond acceptors (Lipinski definition) is 11. The molecule has 7 rings (SSSR count). The number of nitrogens with two attached hydrogens (primary N) is 2. The summed E-state index contributed by atoms with van der Waals surface area (Å²) in [6, 6.07) is 16.1. The summed E-state index contributed by atoms with van der Waals surface area (Å²) >= 11 is 16.6. The average Bonchev–Trinajstić information content (AvgIpc) is 3.41. The molecule has 0 amide bonds. The van der Waals surface area contributed by atoms with Gasteiger partial charge in [-0.1, -0.05) is 57.3 Å². The van der Waals surface area contributed by atoms with Crippen LogP contribution >= 0.6 is 39.1 Å². The highest BCUT2D eigenvalue weighted by Gasteiger charge is 2.29. The Morgan fingerprint density at radius 2 is 1.18 bits per heavy atom. The normalized spacial score (nSPS) is 20.1. The highest BCUT2D eigenvalue weighted by atomic mass is 79.9. The van der Waals surface area contributed by atoms with Crippen molar-refractivity contribution in [3.63, 3.8) is 0 Å². The lowest BCUT2D eigenvalue weighted by atomic mass is 9.95. The number of benzene rings is 2.